The van der Waals surface area contributed by atoms with E-state index in [-0.39, 0.29) is 5.78 Å². The number of aromatic nitrogens is 2. The van der Waals surface area contributed by atoms with Gasteiger partial charge in [0, 0.05) is 24.2 Å². The van der Waals surface area contributed by atoms with Crippen LogP contribution in [0.15, 0.2) is 6.07 Å². The molecule has 1 aromatic rings. The zero-order valence-corrected chi connectivity index (χ0v) is 10.7. The first-order valence-corrected chi connectivity index (χ1v) is 6.11. The predicted molar refractivity (Wildman–Crippen MR) is 66.2 cm³/mol. The van der Waals surface area contributed by atoms with Gasteiger partial charge >= 0.3 is 0 Å². The molecule has 1 aromatic heterocycles. The van der Waals surface area contributed by atoms with Crippen molar-refractivity contribution >= 4 is 5.78 Å². The summed E-state index contributed by atoms with van der Waals surface area (Å²) in [5.41, 5.74) is 1.93. The molecule has 0 unspecified atom stereocenters. The summed E-state index contributed by atoms with van der Waals surface area (Å²) in [6.45, 7) is 5.64. The minimum atomic E-state index is -0.0529. The number of Topliss-reactive ketones (excluding diaryl/α,β-unsaturated/α-hetero) is 1. The number of hydrogen-bond donors (Lipinski definition) is 0. The Morgan fingerprint density at radius 2 is 2.00 bits per heavy atom. The monoisotopic (exact) mass is 233 g/mol. The van der Waals surface area contributed by atoms with Crippen LogP contribution in [0, 0.1) is 6.92 Å². The van der Waals surface area contributed by atoms with Crippen molar-refractivity contribution in [3.63, 3.8) is 0 Å². The smallest absolute Gasteiger partial charge is 0.196 e. The lowest BCUT2D eigenvalue weighted by Gasteiger charge is -2.28. The van der Waals surface area contributed by atoms with Gasteiger partial charge in [0.1, 0.15) is 0 Å². The van der Waals surface area contributed by atoms with Gasteiger partial charge < -0.3 is 4.90 Å². The number of likely N-dealkylation sites (tertiary alicyclic amines) is 1. The Balaban J connectivity index is 2.23. The molecule has 4 heteroatoms. The minimum Gasteiger partial charge on any atom is -0.306 e. The molecule has 0 radical (unpaired) electrons. The lowest BCUT2D eigenvalue weighted by atomic mass is 9.93. The highest BCUT2D eigenvalue weighted by Crippen LogP contribution is 2.26. The van der Waals surface area contributed by atoms with E-state index < -0.39 is 0 Å². The molecule has 0 spiro atoms. The first kappa shape index (κ1) is 12.2. The molecule has 4 nitrogen and oxygen atoms in total. The summed E-state index contributed by atoms with van der Waals surface area (Å²) in [6, 6.07) is 2.02. The second-order valence-corrected chi connectivity index (χ2v) is 4.89. The highest BCUT2D eigenvalue weighted by Gasteiger charge is 2.20. The molecule has 0 saturated carbocycles. The molecule has 1 aliphatic rings. The molecule has 0 amide bonds. The van der Waals surface area contributed by atoms with Crippen LogP contribution in [0.4, 0.5) is 0 Å². The first-order valence-electron chi connectivity index (χ1n) is 6.11. The number of carbonyl (C=O) groups is 1. The lowest BCUT2D eigenvalue weighted by molar-refractivity contribution is 0.100. The third kappa shape index (κ3) is 2.88. The van der Waals surface area contributed by atoms with Crippen molar-refractivity contribution in [3.8, 4) is 0 Å². The Morgan fingerprint density at radius 1 is 1.35 bits per heavy atom. The van der Waals surface area contributed by atoms with E-state index in [9.17, 15) is 4.79 Å². The maximum atomic E-state index is 11.4. The van der Waals surface area contributed by atoms with Gasteiger partial charge in [-0.25, -0.2) is 9.97 Å². The molecule has 1 saturated heterocycles. The molecule has 1 fully saturated rings. The fourth-order valence-electron chi connectivity index (χ4n) is 2.26. The maximum absolute atomic E-state index is 11.4. The van der Waals surface area contributed by atoms with E-state index in [4.69, 9.17) is 0 Å². The molecule has 1 aliphatic heterocycles. The van der Waals surface area contributed by atoms with Crippen molar-refractivity contribution in [2.45, 2.75) is 32.6 Å². The third-order valence-electron chi connectivity index (χ3n) is 3.33. The lowest BCUT2D eigenvalue weighted by Crippen LogP contribution is -2.29. The topological polar surface area (TPSA) is 46.1 Å². The van der Waals surface area contributed by atoms with Crippen LogP contribution < -0.4 is 0 Å². The summed E-state index contributed by atoms with van der Waals surface area (Å²) in [5, 5.41) is 0. The Hall–Kier alpha value is -1.29. The van der Waals surface area contributed by atoms with E-state index in [0.717, 1.165) is 37.3 Å². The summed E-state index contributed by atoms with van der Waals surface area (Å²) in [7, 11) is 2.14. The van der Waals surface area contributed by atoms with E-state index in [1.54, 1.807) is 0 Å². The number of aryl methyl sites for hydroxylation is 1. The number of hydrogen-bond acceptors (Lipinski definition) is 4. The fourth-order valence-corrected chi connectivity index (χ4v) is 2.26. The molecule has 0 N–H and O–H groups in total. The summed E-state index contributed by atoms with van der Waals surface area (Å²) in [5.74, 6) is 0.785. The Bertz CT molecular complexity index is 423. The van der Waals surface area contributed by atoms with Crippen molar-refractivity contribution < 1.29 is 4.79 Å². The van der Waals surface area contributed by atoms with Crippen molar-refractivity contribution in [1.82, 2.24) is 14.9 Å². The van der Waals surface area contributed by atoms with Crippen LogP contribution in [-0.4, -0.2) is 40.8 Å². The maximum Gasteiger partial charge on any atom is 0.196 e. The zero-order chi connectivity index (χ0) is 12.4. The molecule has 0 aromatic carbocycles. The van der Waals surface area contributed by atoms with Crippen LogP contribution >= 0.6 is 0 Å². The molecule has 0 atom stereocenters. The third-order valence-corrected chi connectivity index (χ3v) is 3.33. The molecule has 17 heavy (non-hydrogen) atoms. The van der Waals surface area contributed by atoms with Crippen LogP contribution in [-0.2, 0) is 0 Å². The standard InChI is InChI=1S/C13H19N3O/c1-9-8-12(15-13(14-9)10(2)17)11-4-6-16(3)7-5-11/h8,11H,4-7H2,1-3H3. The van der Waals surface area contributed by atoms with E-state index in [1.807, 2.05) is 13.0 Å². The van der Waals surface area contributed by atoms with Crippen LogP contribution in [0.2, 0.25) is 0 Å². The second-order valence-electron chi connectivity index (χ2n) is 4.89. The second kappa shape index (κ2) is 4.92. The Kier molecular flexibility index (Phi) is 3.52. The van der Waals surface area contributed by atoms with Gasteiger partial charge in [0.15, 0.2) is 11.6 Å². The molecule has 2 heterocycles. The average molecular weight is 233 g/mol. The average Bonchev–Trinajstić information content (AvgIpc) is 2.29. The van der Waals surface area contributed by atoms with Gasteiger partial charge in [0.05, 0.1) is 0 Å². The number of carbonyl (C=O) groups excluding carboxylic acids is 1. The normalized spacial score (nSPS) is 18.3. The van der Waals surface area contributed by atoms with Gasteiger partial charge in [-0.1, -0.05) is 0 Å². The minimum absolute atomic E-state index is 0.0529. The predicted octanol–water partition coefficient (Wildman–Crippen LogP) is 1.80. The number of piperidine rings is 1. The van der Waals surface area contributed by atoms with Crippen LogP contribution in [0.25, 0.3) is 0 Å². The van der Waals surface area contributed by atoms with Crippen LogP contribution in [0.5, 0.6) is 0 Å². The van der Waals surface area contributed by atoms with E-state index in [2.05, 4.69) is 21.9 Å². The van der Waals surface area contributed by atoms with Gasteiger partial charge in [-0.2, -0.15) is 0 Å². The van der Waals surface area contributed by atoms with Crippen molar-refractivity contribution in [1.29, 1.82) is 0 Å². The van der Waals surface area contributed by atoms with Gasteiger partial charge in [0.2, 0.25) is 0 Å². The zero-order valence-electron chi connectivity index (χ0n) is 10.7. The highest BCUT2D eigenvalue weighted by molar-refractivity contribution is 5.90. The van der Waals surface area contributed by atoms with Gasteiger partial charge in [-0.05, 0) is 46.0 Å². The van der Waals surface area contributed by atoms with E-state index >= 15 is 0 Å². The quantitative estimate of drug-likeness (QED) is 0.731. The number of rotatable bonds is 2. The number of nitrogens with zero attached hydrogens (tertiary/aromatic N) is 3. The fraction of sp³-hybridized carbons (Fsp3) is 0.615. The molecule has 0 aliphatic carbocycles. The van der Waals surface area contributed by atoms with Crippen molar-refractivity contribution in [2.75, 3.05) is 20.1 Å². The summed E-state index contributed by atoms with van der Waals surface area (Å²) in [4.78, 5) is 22.3. The summed E-state index contributed by atoms with van der Waals surface area (Å²) < 4.78 is 0. The Labute approximate surface area is 102 Å². The molecular formula is C13H19N3O. The molecule has 0 bridgehead atoms. The first-order chi connectivity index (χ1) is 8.06. The summed E-state index contributed by atoms with van der Waals surface area (Å²) >= 11 is 0. The van der Waals surface area contributed by atoms with E-state index in [0.29, 0.717) is 11.7 Å². The molecule has 92 valence electrons. The molecule has 2 rings (SSSR count). The number of ketones is 1. The Morgan fingerprint density at radius 3 is 2.59 bits per heavy atom. The molecular weight excluding hydrogens is 214 g/mol. The van der Waals surface area contributed by atoms with Crippen LogP contribution in [0.3, 0.4) is 0 Å². The van der Waals surface area contributed by atoms with Crippen molar-refractivity contribution in [3.05, 3.63) is 23.3 Å². The van der Waals surface area contributed by atoms with Gasteiger partial charge in [0.25, 0.3) is 0 Å². The van der Waals surface area contributed by atoms with Gasteiger partial charge in [-0.3, -0.25) is 4.79 Å². The van der Waals surface area contributed by atoms with E-state index in [1.165, 1.54) is 6.92 Å². The summed E-state index contributed by atoms with van der Waals surface area (Å²) in [6.07, 6.45) is 2.23. The SMILES string of the molecule is CC(=O)c1nc(C)cc(C2CCN(C)CC2)n1. The van der Waals surface area contributed by atoms with Gasteiger partial charge in [-0.15, -0.1) is 0 Å². The van der Waals surface area contributed by atoms with Crippen LogP contribution in [0.1, 0.15) is 47.7 Å². The largest absolute Gasteiger partial charge is 0.306 e. The van der Waals surface area contributed by atoms with Crippen molar-refractivity contribution in [2.24, 2.45) is 0 Å². The highest BCUT2D eigenvalue weighted by atomic mass is 16.1.